The summed E-state index contributed by atoms with van der Waals surface area (Å²) in [6.45, 7) is 4.30. The molecule has 0 radical (unpaired) electrons. The first-order valence-corrected chi connectivity index (χ1v) is 9.36. The van der Waals surface area contributed by atoms with Gasteiger partial charge in [0.15, 0.2) is 9.84 Å². The van der Waals surface area contributed by atoms with Crippen molar-refractivity contribution in [2.45, 2.75) is 38.0 Å². The van der Waals surface area contributed by atoms with Gasteiger partial charge in [-0.2, -0.15) is 0 Å². The monoisotopic (exact) mass is 316 g/mol. The Kier molecular flexibility index (Phi) is 5.41. The first kappa shape index (κ1) is 16.8. The van der Waals surface area contributed by atoms with Gasteiger partial charge in [0.05, 0.1) is 10.6 Å². The van der Waals surface area contributed by atoms with Crippen LogP contribution >= 0.6 is 0 Å². The quantitative estimate of drug-likeness (QED) is 0.753. The Balaban J connectivity index is 1.92. The molecule has 0 N–H and O–H groups in total. The number of rotatable bonds is 7. The SMILES string of the molecule is CC(C)(CCc1ccccc1)CCS(=O)(=O)c1ccccc1. The zero-order chi connectivity index (χ0) is 16.1. The zero-order valence-electron chi connectivity index (χ0n) is 13.3. The van der Waals surface area contributed by atoms with Crippen molar-refractivity contribution in [2.24, 2.45) is 5.41 Å². The highest BCUT2D eigenvalue weighted by molar-refractivity contribution is 7.91. The van der Waals surface area contributed by atoms with Crippen LogP contribution < -0.4 is 0 Å². The molecule has 0 fully saturated rings. The molecule has 0 saturated heterocycles. The molecule has 22 heavy (non-hydrogen) atoms. The van der Waals surface area contributed by atoms with Gasteiger partial charge in [-0.15, -0.1) is 0 Å². The van der Waals surface area contributed by atoms with E-state index in [4.69, 9.17) is 0 Å². The third-order valence-electron chi connectivity index (χ3n) is 4.08. The molecule has 0 saturated carbocycles. The second kappa shape index (κ2) is 7.10. The molecule has 0 aromatic heterocycles. The van der Waals surface area contributed by atoms with Crippen LogP contribution in [0.5, 0.6) is 0 Å². The minimum Gasteiger partial charge on any atom is -0.224 e. The molecule has 0 unspecified atom stereocenters. The molecule has 0 aliphatic carbocycles. The summed E-state index contributed by atoms with van der Waals surface area (Å²) in [6.07, 6.45) is 2.65. The minimum atomic E-state index is -3.18. The van der Waals surface area contributed by atoms with E-state index in [9.17, 15) is 8.42 Å². The lowest BCUT2D eigenvalue weighted by Gasteiger charge is -2.24. The van der Waals surface area contributed by atoms with Crippen molar-refractivity contribution in [1.29, 1.82) is 0 Å². The second-order valence-corrected chi connectivity index (χ2v) is 8.64. The third-order valence-corrected chi connectivity index (χ3v) is 5.82. The molecule has 2 nitrogen and oxygen atoms in total. The van der Waals surface area contributed by atoms with E-state index in [0.717, 1.165) is 12.8 Å². The predicted molar refractivity (Wildman–Crippen MR) is 91.7 cm³/mol. The second-order valence-electron chi connectivity index (χ2n) is 6.53. The highest BCUT2D eigenvalue weighted by Crippen LogP contribution is 2.28. The van der Waals surface area contributed by atoms with Crippen molar-refractivity contribution in [3.05, 3.63) is 66.2 Å². The highest BCUT2D eigenvalue weighted by Gasteiger charge is 2.22. The Morgan fingerprint density at radius 3 is 1.95 bits per heavy atom. The summed E-state index contributed by atoms with van der Waals surface area (Å²) < 4.78 is 24.7. The molecule has 0 heterocycles. The molecule has 118 valence electrons. The topological polar surface area (TPSA) is 34.1 Å². The van der Waals surface area contributed by atoms with Crippen LogP contribution in [0.1, 0.15) is 32.3 Å². The number of aryl methyl sites for hydroxylation is 1. The summed E-state index contributed by atoms with van der Waals surface area (Å²) in [5.74, 6) is 0.207. The van der Waals surface area contributed by atoms with Gasteiger partial charge in [-0.25, -0.2) is 8.42 Å². The van der Waals surface area contributed by atoms with Crippen molar-refractivity contribution >= 4 is 9.84 Å². The van der Waals surface area contributed by atoms with E-state index in [-0.39, 0.29) is 11.2 Å². The number of hydrogen-bond acceptors (Lipinski definition) is 2. The highest BCUT2D eigenvalue weighted by atomic mass is 32.2. The number of hydrogen-bond donors (Lipinski definition) is 0. The lowest BCUT2D eigenvalue weighted by Crippen LogP contribution is -2.19. The summed E-state index contributed by atoms with van der Waals surface area (Å²) in [5, 5.41) is 0. The van der Waals surface area contributed by atoms with Crippen LogP contribution in [0.25, 0.3) is 0 Å². The van der Waals surface area contributed by atoms with Crippen LogP contribution in [0, 0.1) is 5.41 Å². The molecule has 2 aromatic carbocycles. The maximum absolute atomic E-state index is 12.4. The van der Waals surface area contributed by atoms with Gasteiger partial charge in [0.25, 0.3) is 0 Å². The van der Waals surface area contributed by atoms with E-state index in [2.05, 4.69) is 26.0 Å². The van der Waals surface area contributed by atoms with E-state index in [1.54, 1.807) is 24.3 Å². The maximum Gasteiger partial charge on any atom is 0.178 e. The first-order valence-electron chi connectivity index (χ1n) is 7.71. The average molecular weight is 316 g/mol. The van der Waals surface area contributed by atoms with Crippen molar-refractivity contribution in [3.8, 4) is 0 Å². The lowest BCUT2D eigenvalue weighted by molar-refractivity contribution is 0.323. The summed E-state index contributed by atoms with van der Waals surface area (Å²) in [6, 6.07) is 19.1. The Bertz CT molecular complexity index is 674. The third kappa shape index (κ3) is 4.99. The van der Waals surface area contributed by atoms with E-state index in [1.165, 1.54) is 5.56 Å². The first-order chi connectivity index (χ1) is 10.4. The summed E-state index contributed by atoms with van der Waals surface area (Å²) in [5.41, 5.74) is 1.32. The van der Waals surface area contributed by atoms with E-state index in [0.29, 0.717) is 11.3 Å². The van der Waals surface area contributed by atoms with Gasteiger partial charge in [-0.3, -0.25) is 0 Å². The zero-order valence-corrected chi connectivity index (χ0v) is 14.1. The lowest BCUT2D eigenvalue weighted by atomic mass is 9.84. The molecule has 2 aromatic rings. The van der Waals surface area contributed by atoms with E-state index >= 15 is 0 Å². The fraction of sp³-hybridized carbons (Fsp3) is 0.368. The average Bonchev–Trinajstić information content (AvgIpc) is 2.53. The van der Waals surface area contributed by atoms with Gasteiger partial charge in [-0.1, -0.05) is 62.4 Å². The molecular weight excluding hydrogens is 292 g/mol. The number of benzene rings is 2. The van der Waals surface area contributed by atoms with Crippen LogP contribution in [0.2, 0.25) is 0 Å². The Hall–Kier alpha value is -1.61. The molecule has 2 rings (SSSR count). The van der Waals surface area contributed by atoms with Crippen LogP contribution in [0.15, 0.2) is 65.6 Å². The van der Waals surface area contributed by atoms with Gasteiger partial charge >= 0.3 is 0 Å². The fourth-order valence-electron chi connectivity index (χ4n) is 2.41. The Morgan fingerprint density at radius 1 is 0.818 bits per heavy atom. The normalized spacial score (nSPS) is 12.3. The fourth-order valence-corrected chi connectivity index (χ4v) is 4.04. The van der Waals surface area contributed by atoms with Crippen molar-refractivity contribution < 1.29 is 8.42 Å². The van der Waals surface area contributed by atoms with E-state index in [1.807, 2.05) is 24.3 Å². The molecule has 0 atom stereocenters. The van der Waals surface area contributed by atoms with Crippen molar-refractivity contribution in [3.63, 3.8) is 0 Å². The van der Waals surface area contributed by atoms with E-state index < -0.39 is 9.84 Å². The van der Waals surface area contributed by atoms with Gasteiger partial charge in [0.1, 0.15) is 0 Å². The maximum atomic E-state index is 12.4. The van der Waals surface area contributed by atoms with Crippen LogP contribution in [0.3, 0.4) is 0 Å². The Morgan fingerprint density at radius 2 is 1.36 bits per heavy atom. The molecule has 3 heteroatoms. The van der Waals surface area contributed by atoms with Crippen LogP contribution in [0.4, 0.5) is 0 Å². The molecule has 0 amide bonds. The molecule has 0 aliphatic rings. The summed E-state index contributed by atoms with van der Waals surface area (Å²) in [4.78, 5) is 0.425. The van der Waals surface area contributed by atoms with Crippen molar-refractivity contribution in [2.75, 3.05) is 5.75 Å². The van der Waals surface area contributed by atoms with Gasteiger partial charge in [0, 0.05) is 0 Å². The molecular formula is C19H24O2S. The van der Waals surface area contributed by atoms with Crippen LogP contribution in [-0.2, 0) is 16.3 Å². The predicted octanol–water partition coefficient (Wildman–Crippen LogP) is 4.51. The molecule has 0 spiro atoms. The summed E-state index contributed by atoms with van der Waals surface area (Å²) >= 11 is 0. The molecule has 0 aliphatic heterocycles. The summed E-state index contributed by atoms with van der Waals surface area (Å²) in [7, 11) is -3.18. The standard InChI is InChI=1S/C19H24O2S/c1-19(2,14-13-17-9-5-3-6-10-17)15-16-22(20,21)18-11-7-4-8-12-18/h3-12H,13-16H2,1-2H3. The number of sulfone groups is 1. The van der Waals surface area contributed by atoms with Gasteiger partial charge in [0.2, 0.25) is 0 Å². The minimum absolute atomic E-state index is 0.0116. The smallest absolute Gasteiger partial charge is 0.178 e. The van der Waals surface area contributed by atoms with Crippen LogP contribution in [-0.4, -0.2) is 14.2 Å². The van der Waals surface area contributed by atoms with Gasteiger partial charge in [-0.05, 0) is 42.4 Å². The Labute approximate surface area is 134 Å². The van der Waals surface area contributed by atoms with Crippen molar-refractivity contribution in [1.82, 2.24) is 0 Å². The largest absolute Gasteiger partial charge is 0.224 e. The molecule has 0 bridgehead atoms. The van der Waals surface area contributed by atoms with Gasteiger partial charge < -0.3 is 0 Å².